The molecule has 0 fully saturated rings. The van der Waals surface area contributed by atoms with Gasteiger partial charge in [-0.3, -0.25) is 0 Å². The molecule has 0 spiro atoms. The SMILES string of the molecule is NC1CCN(CCCC(F)(F)F)c2ccccc21. The van der Waals surface area contributed by atoms with E-state index in [0.717, 1.165) is 24.2 Å². The normalized spacial score (nSPS) is 19.8. The monoisotopic (exact) mass is 258 g/mol. The van der Waals surface area contributed by atoms with Gasteiger partial charge >= 0.3 is 6.18 Å². The Kier molecular flexibility index (Phi) is 3.80. The first-order valence-corrected chi connectivity index (χ1v) is 6.13. The third-order valence-electron chi connectivity index (χ3n) is 3.28. The minimum Gasteiger partial charge on any atom is -0.371 e. The van der Waals surface area contributed by atoms with Gasteiger partial charge in [-0.05, 0) is 24.5 Å². The Balaban J connectivity index is 2.01. The molecule has 1 aliphatic rings. The number of nitrogens with two attached hydrogens (primary N) is 1. The van der Waals surface area contributed by atoms with Gasteiger partial charge in [-0.25, -0.2) is 0 Å². The van der Waals surface area contributed by atoms with Crippen molar-refractivity contribution < 1.29 is 13.2 Å². The number of halogens is 3. The van der Waals surface area contributed by atoms with Gasteiger partial charge in [0.25, 0.3) is 0 Å². The molecule has 1 heterocycles. The number of anilines is 1. The van der Waals surface area contributed by atoms with Crippen molar-refractivity contribution in [3.63, 3.8) is 0 Å². The predicted molar refractivity (Wildman–Crippen MR) is 65.5 cm³/mol. The molecule has 18 heavy (non-hydrogen) atoms. The van der Waals surface area contributed by atoms with E-state index in [0.29, 0.717) is 6.54 Å². The van der Waals surface area contributed by atoms with E-state index >= 15 is 0 Å². The zero-order valence-electron chi connectivity index (χ0n) is 10.1. The number of para-hydroxylation sites is 1. The van der Waals surface area contributed by atoms with E-state index in [1.54, 1.807) is 0 Å². The van der Waals surface area contributed by atoms with Crippen LogP contribution in [0.5, 0.6) is 0 Å². The molecule has 5 heteroatoms. The maximum atomic E-state index is 12.1. The van der Waals surface area contributed by atoms with Gasteiger partial charge in [0, 0.05) is 31.2 Å². The molecule has 2 nitrogen and oxygen atoms in total. The second-order valence-electron chi connectivity index (χ2n) is 4.66. The lowest BCUT2D eigenvalue weighted by Gasteiger charge is -2.34. The second kappa shape index (κ2) is 5.18. The molecule has 2 N–H and O–H groups in total. The summed E-state index contributed by atoms with van der Waals surface area (Å²) in [6, 6.07) is 7.70. The lowest BCUT2D eigenvalue weighted by molar-refractivity contribution is -0.135. The molecule has 1 aromatic carbocycles. The van der Waals surface area contributed by atoms with Crippen LogP contribution < -0.4 is 10.6 Å². The van der Waals surface area contributed by atoms with Crippen LogP contribution in [0.25, 0.3) is 0 Å². The van der Waals surface area contributed by atoms with Crippen LogP contribution in [0.15, 0.2) is 24.3 Å². The lowest BCUT2D eigenvalue weighted by Crippen LogP contribution is -2.34. The van der Waals surface area contributed by atoms with Gasteiger partial charge in [-0.15, -0.1) is 0 Å². The van der Waals surface area contributed by atoms with Gasteiger partial charge in [0.2, 0.25) is 0 Å². The summed E-state index contributed by atoms with van der Waals surface area (Å²) in [4.78, 5) is 2.00. The Morgan fingerprint density at radius 1 is 1.28 bits per heavy atom. The Labute approximate surface area is 105 Å². The number of nitrogens with zero attached hydrogens (tertiary/aromatic N) is 1. The highest BCUT2D eigenvalue weighted by Crippen LogP contribution is 2.32. The number of rotatable bonds is 3. The van der Waals surface area contributed by atoms with E-state index in [9.17, 15) is 13.2 Å². The topological polar surface area (TPSA) is 29.3 Å². The van der Waals surface area contributed by atoms with Crippen molar-refractivity contribution in [2.24, 2.45) is 5.73 Å². The molecule has 0 amide bonds. The molecule has 1 atom stereocenters. The summed E-state index contributed by atoms with van der Waals surface area (Å²) < 4.78 is 36.4. The van der Waals surface area contributed by atoms with Crippen molar-refractivity contribution in [2.75, 3.05) is 18.0 Å². The van der Waals surface area contributed by atoms with E-state index in [2.05, 4.69) is 0 Å². The minimum absolute atomic E-state index is 0.0000612. The van der Waals surface area contributed by atoms with Gasteiger partial charge in [0.05, 0.1) is 0 Å². The molecule has 1 aromatic rings. The predicted octanol–water partition coefficient (Wildman–Crippen LogP) is 3.24. The third kappa shape index (κ3) is 3.16. The first-order valence-electron chi connectivity index (χ1n) is 6.13. The zero-order chi connectivity index (χ0) is 13.2. The maximum absolute atomic E-state index is 12.1. The number of hydrogen-bond acceptors (Lipinski definition) is 2. The van der Waals surface area contributed by atoms with Gasteiger partial charge in [-0.1, -0.05) is 18.2 Å². The number of hydrogen-bond donors (Lipinski definition) is 1. The Morgan fingerprint density at radius 3 is 2.72 bits per heavy atom. The summed E-state index contributed by atoms with van der Waals surface area (Å²) in [6.07, 6.45) is -3.86. The quantitative estimate of drug-likeness (QED) is 0.901. The molecular weight excluding hydrogens is 241 g/mol. The van der Waals surface area contributed by atoms with Crippen molar-refractivity contribution in [2.45, 2.75) is 31.5 Å². The van der Waals surface area contributed by atoms with Gasteiger partial charge in [0.1, 0.15) is 0 Å². The zero-order valence-corrected chi connectivity index (χ0v) is 10.1. The van der Waals surface area contributed by atoms with E-state index in [1.807, 2.05) is 29.2 Å². The van der Waals surface area contributed by atoms with E-state index in [-0.39, 0.29) is 12.5 Å². The van der Waals surface area contributed by atoms with Crippen LogP contribution in [0.2, 0.25) is 0 Å². The molecule has 1 unspecified atom stereocenters. The average molecular weight is 258 g/mol. The average Bonchev–Trinajstić information content (AvgIpc) is 2.31. The van der Waals surface area contributed by atoms with Crippen molar-refractivity contribution in [3.05, 3.63) is 29.8 Å². The van der Waals surface area contributed by atoms with Crippen LogP contribution in [0, 0.1) is 0 Å². The van der Waals surface area contributed by atoms with Gasteiger partial charge in [-0.2, -0.15) is 13.2 Å². The summed E-state index contributed by atoms with van der Waals surface area (Å²) >= 11 is 0. The highest BCUT2D eigenvalue weighted by atomic mass is 19.4. The molecule has 0 bridgehead atoms. The fourth-order valence-electron chi connectivity index (χ4n) is 2.36. The highest BCUT2D eigenvalue weighted by molar-refractivity contribution is 5.56. The molecule has 0 aliphatic carbocycles. The molecule has 0 radical (unpaired) electrons. The van der Waals surface area contributed by atoms with Crippen LogP contribution in [0.4, 0.5) is 18.9 Å². The first-order chi connectivity index (χ1) is 8.47. The summed E-state index contributed by atoms with van der Waals surface area (Å²) in [5, 5.41) is 0. The largest absolute Gasteiger partial charge is 0.389 e. The summed E-state index contributed by atoms with van der Waals surface area (Å²) in [7, 11) is 0. The maximum Gasteiger partial charge on any atom is 0.389 e. The Morgan fingerprint density at radius 2 is 2.00 bits per heavy atom. The van der Waals surface area contributed by atoms with E-state index < -0.39 is 12.6 Å². The standard InChI is InChI=1S/C13H17F3N2/c14-13(15,16)7-3-8-18-9-6-11(17)10-4-1-2-5-12(10)18/h1-2,4-5,11H,3,6-9,17H2. The van der Waals surface area contributed by atoms with Crippen LogP contribution in [0.1, 0.15) is 30.9 Å². The first kappa shape index (κ1) is 13.2. The van der Waals surface area contributed by atoms with Gasteiger partial charge < -0.3 is 10.6 Å². The molecule has 0 aromatic heterocycles. The molecule has 1 aliphatic heterocycles. The molecule has 100 valence electrons. The van der Waals surface area contributed by atoms with Crippen molar-refractivity contribution in [1.29, 1.82) is 0 Å². The molecular formula is C13H17F3N2. The smallest absolute Gasteiger partial charge is 0.371 e. The highest BCUT2D eigenvalue weighted by Gasteiger charge is 2.27. The van der Waals surface area contributed by atoms with Gasteiger partial charge in [0.15, 0.2) is 0 Å². The van der Waals surface area contributed by atoms with Crippen LogP contribution >= 0.6 is 0 Å². The van der Waals surface area contributed by atoms with Crippen LogP contribution in [-0.2, 0) is 0 Å². The lowest BCUT2D eigenvalue weighted by atomic mass is 9.97. The number of alkyl halides is 3. The van der Waals surface area contributed by atoms with Crippen molar-refractivity contribution in [1.82, 2.24) is 0 Å². The fourth-order valence-corrected chi connectivity index (χ4v) is 2.36. The van der Waals surface area contributed by atoms with E-state index in [4.69, 9.17) is 5.73 Å². The number of benzene rings is 1. The summed E-state index contributed by atoms with van der Waals surface area (Å²) in [5.41, 5.74) is 8.02. The molecule has 0 saturated carbocycles. The third-order valence-corrected chi connectivity index (χ3v) is 3.28. The van der Waals surface area contributed by atoms with Crippen LogP contribution in [0.3, 0.4) is 0 Å². The van der Waals surface area contributed by atoms with Crippen molar-refractivity contribution in [3.8, 4) is 0 Å². The fraction of sp³-hybridized carbons (Fsp3) is 0.538. The molecule has 0 saturated heterocycles. The number of fused-ring (bicyclic) bond motifs is 1. The second-order valence-corrected chi connectivity index (χ2v) is 4.66. The molecule has 2 rings (SSSR count). The van der Waals surface area contributed by atoms with Crippen molar-refractivity contribution >= 4 is 5.69 Å². The summed E-state index contributed by atoms with van der Waals surface area (Å²) in [6.45, 7) is 1.17. The van der Waals surface area contributed by atoms with E-state index in [1.165, 1.54) is 0 Å². The minimum atomic E-state index is -4.06. The Hall–Kier alpha value is -1.23. The summed E-state index contributed by atoms with van der Waals surface area (Å²) in [5.74, 6) is 0. The Bertz CT molecular complexity index is 403. The van der Waals surface area contributed by atoms with Crippen LogP contribution in [-0.4, -0.2) is 19.3 Å².